The van der Waals surface area contributed by atoms with Crippen LogP contribution in [-0.4, -0.2) is 18.0 Å². The van der Waals surface area contributed by atoms with Crippen molar-refractivity contribution >= 4 is 33.8 Å². The summed E-state index contributed by atoms with van der Waals surface area (Å²) in [5, 5.41) is 6.16. The second kappa shape index (κ2) is 6.48. The molecule has 0 radical (unpaired) electrons. The quantitative estimate of drug-likeness (QED) is 0.737. The highest BCUT2D eigenvalue weighted by atomic mass is 32.1. The molecule has 0 atom stereocenters. The number of carbonyl (C=O) groups excluding carboxylic acids is 1. The van der Waals surface area contributed by atoms with Crippen molar-refractivity contribution in [2.24, 2.45) is 0 Å². The number of aromatic nitrogens is 1. The van der Waals surface area contributed by atoms with Gasteiger partial charge in [0.1, 0.15) is 5.75 Å². The van der Waals surface area contributed by atoms with Crippen molar-refractivity contribution in [2.75, 3.05) is 12.4 Å². The first-order valence-corrected chi connectivity index (χ1v) is 9.39. The van der Waals surface area contributed by atoms with Crippen LogP contribution in [0.2, 0.25) is 0 Å². The fraction of sp³-hybridized carbons (Fsp3) is 0.300. The third-order valence-electron chi connectivity index (χ3n) is 5.05. The Bertz CT molecular complexity index is 899. The molecule has 1 fully saturated rings. The average molecular weight is 352 g/mol. The van der Waals surface area contributed by atoms with Crippen LogP contribution >= 0.6 is 11.3 Å². The lowest BCUT2D eigenvalue weighted by Gasteiger charge is -2.27. The van der Waals surface area contributed by atoms with Gasteiger partial charge >= 0.3 is 0 Å². The largest absolute Gasteiger partial charge is 0.497 e. The van der Waals surface area contributed by atoms with E-state index in [-0.39, 0.29) is 5.91 Å². The van der Waals surface area contributed by atoms with Gasteiger partial charge in [-0.25, -0.2) is 0 Å². The number of carbonyl (C=O) groups is 1. The highest BCUT2D eigenvalue weighted by Gasteiger charge is 2.43. The molecule has 128 valence electrons. The minimum absolute atomic E-state index is 0.0626. The van der Waals surface area contributed by atoms with Gasteiger partial charge in [0.15, 0.2) is 0 Å². The van der Waals surface area contributed by atoms with Gasteiger partial charge in [0.05, 0.1) is 23.7 Å². The number of methoxy groups -OCH3 is 1. The summed E-state index contributed by atoms with van der Waals surface area (Å²) < 4.78 is 5.39. The van der Waals surface area contributed by atoms with E-state index >= 15 is 0 Å². The van der Waals surface area contributed by atoms with E-state index in [1.165, 1.54) is 0 Å². The molecular weight excluding hydrogens is 332 g/mol. The lowest BCUT2D eigenvalue weighted by atomic mass is 9.83. The summed E-state index contributed by atoms with van der Waals surface area (Å²) >= 11 is 1.67. The number of rotatable bonds is 4. The number of nitrogens with zero attached hydrogens (tertiary/aromatic N) is 1. The molecule has 1 aromatic carbocycles. The van der Waals surface area contributed by atoms with Crippen molar-refractivity contribution in [3.05, 3.63) is 52.9 Å². The van der Waals surface area contributed by atoms with Gasteiger partial charge in [0, 0.05) is 22.5 Å². The summed E-state index contributed by atoms with van der Waals surface area (Å²) in [6.07, 6.45) is 5.71. The Morgan fingerprint density at radius 1 is 1.24 bits per heavy atom. The number of thiophene rings is 1. The highest BCUT2D eigenvalue weighted by molar-refractivity contribution is 7.10. The van der Waals surface area contributed by atoms with Crippen molar-refractivity contribution in [3.8, 4) is 5.75 Å². The van der Waals surface area contributed by atoms with E-state index in [0.717, 1.165) is 41.5 Å². The van der Waals surface area contributed by atoms with Crippen LogP contribution in [0.1, 0.15) is 30.6 Å². The van der Waals surface area contributed by atoms with Gasteiger partial charge in [-0.2, -0.15) is 0 Å². The first-order valence-electron chi connectivity index (χ1n) is 8.51. The summed E-state index contributed by atoms with van der Waals surface area (Å²) in [6.45, 7) is 0. The summed E-state index contributed by atoms with van der Waals surface area (Å²) in [4.78, 5) is 18.9. The Labute approximate surface area is 150 Å². The Hall–Kier alpha value is -2.40. The highest BCUT2D eigenvalue weighted by Crippen LogP contribution is 2.44. The zero-order chi connectivity index (χ0) is 17.3. The molecule has 1 saturated carbocycles. The van der Waals surface area contributed by atoms with Crippen molar-refractivity contribution < 1.29 is 9.53 Å². The van der Waals surface area contributed by atoms with E-state index in [1.807, 2.05) is 35.7 Å². The molecule has 25 heavy (non-hydrogen) atoms. The third kappa shape index (κ3) is 2.78. The molecule has 1 N–H and O–H groups in total. The smallest absolute Gasteiger partial charge is 0.235 e. The molecule has 4 rings (SSSR count). The van der Waals surface area contributed by atoms with Crippen LogP contribution in [0.4, 0.5) is 5.69 Å². The minimum atomic E-state index is -0.418. The normalized spacial score (nSPS) is 16.0. The molecule has 1 amide bonds. The molecule has 1 aliphatic rings. The minimum Gasteiger partial charge on any atom is -0.497 e. The van der Waals surface area contributed by atoms with Crippen molar-refractivity contribution in [1.82, 2.24) is 4.98 Å². The molecular formula is C20H20N2O2S. The lowest BCUT2D eigenvalue weighted by molar-refractivity contribution is -0.121. The molecule has 4 nitrogen and oxygen atoms in total. The number of nitrogens with one attached hydrogen (secondary N) is 1. The Kier molecular flexibility index (Phi) is 4.17. The maximum atomic E-state index is 13.3. The molecule has 5 heteroatoms. The molecule has 0 saturated heterocycles. The second-order valence-electron chi connectivity index (χ2n) is 6.47. The van der Waals surface area contributed by atoms with Gasteiger partial charge in [-0.3, -0.25) is 9.78 Å². The van der Waals surface area contributed by atoms with Crippen LogP contribution in [-0.2, 0) is 10.2 Å². The number of anilines is 1. The molecule has 0 aliphatic heterocycles. The predicted octanol–water partition coefficient (Wildman–Crippen LogP) is 4.76. The van der Waals surface area contributed by atoms with Gasteiger partial charge in [0.25, 0.3) is 0 Å². The maximum Gasteiger partial charge on any atom is 0.235 e. The zero-order valence-corrected chi connectivity index (χ0v) is 14.9. The van der Waals surface area contributed by atoms with Gasteiger partial charge < -0.3 is 10.1 Å². The molecule has 0 bridgehead atoms. The van der Waals surface area contributed by atoms with E-state index in [4.69, 9.17) is 4.74 Å². The number of pyridine rings is 1. The Balaban J connectivity index is 1.74. The van der Waals surface area contributed by atoms with E-state index in [0.29, 0.717) is 11.4 Å². The van der Waals surface area contributed by atoms with Gasteiger partial charge in [-0.15, -0.1) is 11.3 Å². The molecule has 1 aliphatic carbocycles. The number of hydrogen-bond acceptors (Lipinski definition) is 4. The Morgan fingerprint density at radius 2 is 2.08 bits per heavy atom. The first-order chi connectivity index (χ1) is 12.2. The molecule has 0 unspecified atom stereocenters. The molecule has 2 aromatic heterocycles. The molecule has 2 heterocycles. The second-order valence-corrected chi connectivity index (χ2v) is 7.42. The summed E-state index contributed by atoms with van der Waals surface area (Å²) in [5.41, 5.74) is 1.08. The lowest BCUT2D eigenvalue weighted by Crippen LogP contribution is -2.37. The number of ether oxygens (including phenoxy) is 1. The fourth-order valence-corrected chi connectivity index (χ4v) is 4.72. The molecule has 0 spiro atoms. The van der Waals surface area contributed by atoms with E-state index in [1.54, 1.807) is 24.6 Å². The number of hydrogen-bond donors (Lipinski definition) is 1. The molecule has 3 aromatic rings. The van der Waals surface area contributed by atoms with E-state index < -0.39 is 5.41 Å². The Morgan fingerprint density at radius 3 is 2.80 bits per heavy atom. The third-order valence-corrected chi connectivity index (χ3v) is 6.12. The average Bonchev–Trinajstić information content (AvgIpc) is 3.33. The summed E-state index contributed by atoms with van der Waals surface area (Å²) in [7, 11) is 1.63. The van der Waals surface area contributed by atoms with E-state index in [9.17, 15) is 4.79 Å². The number of fused-ring (bicyclic) bond motifs is 1. The predicted molar refractivity (Wildman–Crippen MR) is 101 cm³/mol. The fourth-order valence-electron chi connectivity index (χ4n) is 3.73. The van der Waals surface area contributed by atoms with Gasteiger partial charge in [0.2, 0.25) is 5.91 Å². The van der Waals surface area contributed by atoms with Crippen LogP contribution in [0.25, 0.3) is 10.9 Å². The van der Waals surface area contributed by atoms with Crippen LogP contribution in [0.5, 0.6) is 5.75 Å². The van der Waals surface area contributed by atoms with Crippen LogP contribution in [0, 0.1) is 0 Å². The monoisotopic (exact) mass is 352 g/mol. The zero-order valence-electron chi connectivity index (χ0n) is 14.1. The van der Waals surface area contributed by atoms with Crippen molar-refractivity contribution in [1.29, 1.82) is 0 Å². The topological polar surface area (TPSA) is 51.2 Å². The van der Waals surface area contributed by atoms with Crippen LogP contribution in [0.3, 0.4) is 0 Å². The van der Waals surface area contributed by atoms with Crippen LogP contribution < -0.4 is 10.1 Å². The first kappa shape index (κ1) is 16.1. The number of amides is 1. The van der Waals surface area contributed by atoms with Crippen LogP contribution in [0.15, 0.2) is 48.0 Å². The van der Waals surface area contributed by atoms with Crippen molar-refractivity contribution in [2.45, 2.75) is 31.1 Å². The maximum absolute atomic E-state index is 13.3. The van der Waals surface area contributed by atoms with Crippen molar-refractivity contribution in [3.63, 3.8) is 0 Å². The number of benzene rings is 1. The standard InChI is InChI=1S/C20H20N2O2S/c1-24-15-12-14-6-4-10-21-18(14)16(13-15)22-19(23)20(8-2-3-9-20)17-7-5-11-25-17/h4-7,10-13H,2-3,8-9H2,1H3,(H,22,23). The SMILES string of the molecule is COc1cc(NC(=O)C2(c3cccs3)CCCC2)c2ncccc2c1. The van der Waals surface area contributed by atoms with Gasteiger partial charge in [-0.1, -0.05) is 25.0 Å². The van der Waals surface area contributed by atoms with Gasteiger partial charge in [-0.05, 0) is 36.4 Å². The van der Waals surface area contributed by atoms with E-state index in [2.05, 4.69) is 16.4 Å². The summed E-state index contributed by atoms with van der Waals surface area (Å²) in [6, 6.07) is 11.8. The summed E-state index contributed by atoms with van der Waals surface area (Å²) in [5.74, 6) is 0.778.